The van der Waals surface area contributed by atoms with Crippen LogP contribution >= 0.6 is 11.6 Å². The van der Waals surface area contributed by atoms with Crippen molar-refractivity contribution in [2.45, 2.75) is 12.8 Å². The summed E-state index contributed by atoms with van der Waals surface area (Å²) >= 11 is 5.39. The lowest BCUT2D eigenvalue weighted by atomic mass is 9.98. The highest BCUT2D eigenvalue weighted by Gasteiger charge is 2.11. The summed E-state index contributed by atoms with van der Waals surface area (Å²) in [6.45, 7) is 1.93. The number of aliphatic imine (C=N–C) groups is 1. The molecule has 1 unspecified atom stereocenters. The number of nitrogens with one attached hydrogen (secondary N) is 2. The van der Waals surface area contributed by atoms with Crippen molar-refractivity contribution in [2.75, 3.05) is 0 Å². The minimum Gasteiger partial charge on any atom is -0.387 e. The molecule has 1 heterocycles. The number of benzene rings is 1. The molecule has 112 valence electrons. The van der Waals surface area contributed by atoms with Crippen molar-refractivity contribution < 1.29 is 0 Å². The van der Waals surface area contributed by atoms with Gasteiger partial charge in [0.1, 0.15) is 16.8 Å². The maximum atomic E-state index is 7.68. The number of nitrogens with two attached hydrogens (primary N) is 1. The third kappa shape index (κ3) is 3.99. The Morgan fingerprint density at radius 2 is 2.09 bits per heavy atom. The molecule has 5 nitrogen and oxygen atoms in total. The Hall–Kier alpha value is -2.53. The van der Waals surface area contributed by atoms with Crippen LogP contribution in [-0.4, -0.2) is 21.8 Å². The predicted molar refractivity (Wildman–Crippen MR) is 92.2 cm³/mol. The van der Waals surface area contributed by atoms with E-state index in [1.54, 1.807) is 6.20 Å². The first-order valence-electron chi connectivity index (χ1n) is 6.67. The van der Waals surface area contributed by atoms with E-state index >= 15 is 0 Å². The van der Waals surface area contributed by atoms with Gasteiger partial charge in [-0.3, -0.25) is 15.8 Å². The van der Waals surface area contributed by atoms with Crippen molar-refractivity contribution in [3.05, 3.63) is 54.2 Å². The first-order valence-corrected chi connectivity index (χ1v) is 7.04. The van der Waals surface area contributed by atoms with Gasteiger partial charge in [-0.15, -0.1) is 0 Å². The second kappa shape index (κ2) is 6.95. The second-order valence-corrected chi connectivity index (χ2v) is 5.19. The number of hydrogen-bond acceptors (Lipinski definition) is 3. The number of pyridine rings is 1. The normalized spacial score (nSPS) is 13.5. The Morgan fingerprint density at radius 1 is 1.32 bits per heavy atom. The zero-order valence-corrected chi connectivity index (χ0v) is 12.8. The van der Waals surface area contributed by atoms with E-state index in [9.17, 15) is 0 Å². The average molecular weight is 314 g/mol. The van der Waals surface area contributed by atoms with E-state index in [0.717, 1.165) is 16.5 Å². The molecule has 0 radical (unpaired) electrons. The Morgan fingerprint density at radius 3 is 2.82 bits per heavy atom. The van der Waals surface area contributed by atoms with Gasteiger partial charge in [0.05, 0.1) is 5.52 Å². The zero-order valence-electron chi connectivity index (χ0n) is 12.0. The van der Waals surface area contributed by atoms with Crippen molar-refractivity contribution >= 4 is 39.3 Å². The maximum absolute atomic E-state index is 7.68. The summed E-state index contributed by atoms with van der Waals surface area (Å²) in [4.78, 5) is 8.30. The van der Waals surface area contributed by atoms with Crippen LogP contribution in [0.3, 0.4) is 0 Å². The Bertz CT molecular complexity index is 779. The fourth-order valence-corrected chi connectivity index (χ4v) is 2.02. The highest BCUT2D eigenvalue weighted by Crippen LogP contribution is 2.20. The summed E-state index contributed by atoms with van der Waals surface area (Å²) in [6, 6.07) is 9.78. The minimum atomic E-state index is -0.159. The van der Waals surface area contributed by atoms with E-state index in [2.05, 4.69) is 9.98 Å². The average Bonchev–Trinajstić information content (AvgIpc) is 2.51. The molecule has 0 amide bonds. The molecule has 0 saturated carbocycles. The number of amidine groups is 2. The Labute approximate surface area is 133 Å². The second-order valence-electron chi connectivity index (χ2n) is 4.78. The van der Waals surface area contributed by atoms with Gasteiger partial charge in [-0.05, 0) is 35.9 Å². The molecule has 6 heteroatoms. The summed E-state index contributed by atoms with van der Waals surface area (Å²) in [6.07, 6.45) is 4.37. The van der Waals surface area contributed by atoms with Crippen molar-refractivity contribution in [3.63, 3.8) is 0 Å². The van der Waals surface area contributed by atoms with E-state index in [1.165, 1.54) is 12.2 Å². The van der Waals surface area contributed by atoms with Gasteiger partial charge >= 0.3 is 0 Å². The number of hydrogen-bond donors (Lipinski definition) is 3. The molecule has 2 rings (SSSR count). The van der Waals surface area contributed by atoms with Crippen LogP contribution in [0.15, 0.2) is 53.7 Å². The molecule has 2 aromatic rings. The molecule has 22 heavy (non-hydrogen) atoms. The lowest BCUT2D eigenvalue weighted by Gasteiger charge is -2.12. The Balaban J connectivity index is 2.23. The van der Waals surface area contributed by atoms with Gasteiger partial charge in [0, 0.05) is 17.5 Å². The topological polar surface area (TPSA) is 99.0 Å². The van der Waals surface area contributed by atoms with E-state index < -0.39 is 0 Å². The fraction of sp³-hybridized carbons (Fsp3) is 0.125. The third-order valence-electron chi connectivity index (χ3n) is 3.21. The molecule has 4 N–H and O–H groups in total. The van der Waals surface area contributed by atoms with Gasteiger partial charge in [0.15, 0.2) is 0 Å². The number of aromatic nitrogens is 1. The molecule has 0 spiro atoms. The first kappa shape index (κ1) is 15.9. The van der Waals surface area contributed by atoms with Gasteiger partial charge in [-0.25, -0.2) is 4.99 Å². The standard InChI is InChI=1S/C16H16ClN5/c1-10(16(20)22-15(19)7-6-14(17)18)11-4-5-13-12(9-11)3-2-8-21-13/h2-10,18H,1H3,(H3,19,20,22)/b7-6-,18-14?. The zero-order chi connectivity index (χ0) is 16.1. The maximum Gasteiger partial charge on any atom is 0.146 e. The fourth-order valence-electron chi connectivity index (χ4n) is 1.96. The molecule has 0 aliphatic rings. The monoisotopic (exact) mass is 313 g/mol. The molecule has 0 saturated heterocycles. The van der Waals surface area contributed by atoms with Crippen LogP contribution in [-0.2, 0) is 0 Å². The third-order valence-corrected chi connectivity index (χ3v) is 3.33. The molecule has 0 fully saturated rings. The van der Waals surface area contributed by atoms with Gasteiger partial charge in [-0.2, -0.15) is 0 Å². The summed E-state index contributed by atoms with van der Waals surface area (Å²) in [7, 11) is 0. The molecule has 1 aromatic carbocycles. The highest BCUT2D eigenvalue weighted by molar-refractivity contribution is 6.67. The molecule has 1 aromatic heterocycles. The van der Waals surface area contributed by atoms with Crippen LogP contribution in [0.1, 0.15) is 18.4 Å². The largest absolute Gasteiger partial charge is 0.387 e. The lowest BCUT2D eigenvalue weighted by molar-refractivity contribution is 1.01. The Kier molecular flexibility index (Phi) is 5.01. The quantitative estimate of drug-likeness (QED) is 0.595. The number of rotatable bonds is 4. The number of allylic oxidation sites excluding steroid dienone is 1. The molecule has 1 atom stereocenters. The minimum absolute atomic E-state index is 0.0443. The smallest absolute Gasteiger partial charge is 0.146 e. The van der Waals surface area contributed by atoms with Crippen LogP contribution in [0.25, 0.3) is 10.9 Å². The molecule has 0 aliphatic carbocycles. The summed E-state index contributed by atoms with van der Waals surface area (Å²) in [5, 5.41) is 15.6. The highest BCUT2D eigenvalue weighted by atomic mass is 35.5. The number of fused-ring (bicyclic) bond motifs is 1. The lowest BCUT2D eigenvalue weighted by Crippen LogP contribution is -2.21. The molecule has 0 bridgehead atoms. The van der Waals surface area contributed by atoms with Gasteiger partial charge in [0.2, 0.25) is 0 Å². The van der Waals surface area contributed by atoms with Crippen LogP contribution in [0.5, 0.6) is 0 Å². The van der Waals surface area contributed by atoms with E-state index in [-0.39, 0.29) is 16.9 Å². The summed E-state index contributed by atoms with van der Waals surface area (Å²) in [5.41, 5.74) is 7.90. The SMILES string of the molecule is CC(C(N)=NC(=N)/C=C\C(=N)Cl)c1ccc2ncccc2c1. The van der Waals surface area contributed by atoms with Gasteiger partial charge in [0.25, 0.3) is 0 Å². The summed E-state index contributed by atoms with van der Waals surface area (Å²) < 4.78 is 0. The first-order chi connectivity index (χ1) is 10.5. The van der Waals surface area contributed by atoms with E-state index in [1.807, 2.05) is 37.3 Å². The van der Waals surface area contributed by atoms with Crippen LogP contribution < -0.4 is 5.73 Å². The molecule has 0 aliphatic heterocycles. The molecular weight excluding hydrogens is 298 g/mol. The summed E-state index contributed by atoms with van der Waals surface area (Å²) in [5.74, 6) is 0.157. The van der Waals surface area contributed by atoms with Crippen LogP contribution in [0, 0.1) is 10.8 Å². The number of halogens is 1. The predicted octanol–water partition coefficient (Wildman–Crippen LogP) is 3.45. The van der Waals surface area contributed by atoms with Crippen molar-refractivity contribution in [2.24, 2.45) is 10.7 Å². The van der Waals surface area contributed by atoms with Crippen LogP contribution in [0.4, 0.5) is 0 Å². The van der Waals surface area contributed by atoms with Crippen molar-refractivity contribution in [1.82, 2.24) is 4.98 Å². The van der Waals surface area contributed by atoms with E-state index in [4.69, 9.17) is 28.2 Å². The van der Waals surface area contributed by atoms with Gasteiger partial charge < -0.3 is 5.73 Å². The van der Waals surface area contributed by atoms with Crippen molar-refractivity contribution in [1.29, 1.82) is 10.8 Å². The van der Waals surface area contributed by atoms with E-state index in [0.29, 0.717) is 5.84 Å². The molecular formula is C16H16ClN5. The van der Waals surface area contributed by atoms with Crippen LogP contribution in [0.2, 0.25) is 0 Å². The van der Waals surface area contributed by atoms with Gasteiger partial charge in [-0.1, -0.05) is 30.7 Å². The number of nitrogens with zero attached hydrogens (tertiary/aromatic N) is 2. The van der Waals surface area contributed by atoms with Crippen molar-refractivity contribution in [3.8, 4) is 0 Å².